The molecule has 5 nitrogen and oxygen atoms in total. The van der Waals surface area contributed by atoms with E-state index in [1.807, 2.05) is 0 Å². The number of nitrogens with one attached hydrogen (secondary N) is 2. The lowest BCUT2D eigenvalue weighted by Gasteiger charge is -2.13. The Morgan fingerprint density at radius 3 is 2.06 bits per heavy atom. The number of benzene rings is 3. The standard InChI is InChI=1S/C21H11Cl4F3N2O3/c22-12-2-1-3-13(23)18(12)19(31)30-20(32)29-16-6-5-11(9-14(16)24)33-17-7-4-10(8-15(17)25)21(26,27)28/h1-9H,(H2,29,30,31,32). The third-order valence-electron chi connectivity index (χ3n) is 4.09. The highest BCUT2D eigenvalue weighted by Gasteiger charge is 2.31. The van der Waals surface area contributed by atoms with Crippen LogP contribution in [0.1, 0.15) is 15.9 Å². The Morgan fingerprint density at radius 2 is 1.48 bits per heavy atom. The van der Waals surface area contributed by atoms with E-state index in [2.05, 4.69) is 10.6 Å². The molecule has 3 rings (SSSR count). The fourth-order valence-corrected chi connectivity index (χ4v) is 3.59. The molecule has 0 saturated heterocycles. The van der Waals surface area contributed by atoms with Crippen LogP contribution in [0.15, 0.2) is 54.6 Å². The summed E-state index contributed by atoms with van der Waals surface area (Å²) in [5, 5.41) is 4.36. The minimum atomic E-state index is -4.54. The summed E-state index contributed by atoms with van der Waals surface area (Å²) in [4.78, 5) is 24.4. The van der Waals surface area contributed by atoms with Crippen LogP contribution in [-0.4, -0.2) is 11.9 Å². The molecule has 0 atom stereocenters. The van der Waals surface area contributed by atoms with Gasteiger partial charge in [0.1, 0.15) is 11.5 Å². The SMILES string of the molecule is O=C(NC(=O)c1c(Cl)cccc1Cl)Nc1ccc(Oc2ccc(C(F)(F)F)cc2Cl)cc1Cl. The number of carbonyl (C=O) groups excluding carboxylic acids is 2. The van der Waals surface area contributed by atoms with Gasteiger partial charge in [0.05, 0.1) is 36.9 Å². The molecule has 0 aliphatic rings. The molecule has 2 N–H and O–H groups in total. The maximum Gasteiger partial charge on any atom is 0.416 e. The molecule has 12 heteroatoms. The molecule has 0 unspecified atom stereocenters. The normalized spacial score (nSPS) is 11.1. The molecule has 0 saturated carbocycles. The molecule has 0 aliphatic heterocycles. The summed E-state index contributed by atoms with van der Waals surface area (Å²) >= 11 is 23.9. The van der Waals surface area contributed by atoms with Crippen molar-refractivity contribution >= 4 is 64.0 Å². The summed E-state index contributed by atoms with van der Waals surface area (Å²) < 4.78 is 43.7. The number of hydrogen-bond donors (Lipinski definition) is 2. The van der Waals surface area contributed by atoms with Gasteiger partial charge >= 0.3 is 12.2 Å². The van der Waals surface area contributed by atoms with Crippen LogP contribution in [-0.2, 0) is 6.18 Å². The number of urea groups is 1. The lowest BCUT2D eigenvalue weighted by atomic mass is 10.2. The van der Waals surface area contributed by atoms with E-state index < -0.39 is 23.7 Å². The fourth-order valence-electron chi connectivity index (χ4n) is 2.58. The molecule has 3 aromatic rings. The monoisotopic (exact) mass is 536 g/mol. The van der Waals surface area contributed by atoms with Crippen molar-refractivity contribution in [2.75, 3.05) is 5.32 Å². The zero-order chi connectivity index (χ0) is 24.3. The van der Waals surface area contributed by atoms with Gasteiger partial charge in [0.2, 0.25) is 0 Å². The van der Waals surface area contributed by atoms with E-state index in [0.29, 0.717) is 0 Å². The van der Waals surface area contributed by atoms with Crippen LogP contribution in [0.5, 0.6) is 11.5 Å². The first-order valence-corrected chi connectivity index (χ1v) is 10.4. The van der Waals surface area contributed by atoms with Gasteiger partial charge in [-0.25, -0.2) is 4.79 Å². The van der Waals surface area contributed by atoms with Crippen molar-refractivity contribution in [3.63, 3.8) is 0 Å². The summed E-state index contributed by atoms with van der Waals surface area (Å²) in [5.74, 6) is -0.705. The van der Waals surface area contributed by atoms with E-state index in [9.17, 15) is 22.8 Å². The first-order valence-electron chi connectivity index (χ1n) is 8.86. The van der Waals surface area contributed by atoms with Crippen LogP contribution in [0.2, 0.25) is 20.1 Å². The Balaban J connectivity index is 1.68. The van der Waals surface area contributed by atoms with Crippen molar-refractivity contribution in [2.45, 2.75) is 6.18 Å². The predicted octanol–water partition coefficient (Wildman–Crippen LogP) is 8.07. The van der Waals surface area contributed by atoms with Crippen LogP contribution in [0.25, 0.3) is 0 Å². The first-order chi connectivity index (χ1) is 15.5. The van der Waals surface area contributed by atoms with Crippen LogP contribution >= 0.6 is 46.4 Å². The third-order valence-corrected chi connectivity index (χ3v) is 5.33. The highest BCUT2D eigenvalue weighted by Crippen LogP contribution is 2.37. The quantitative estimate of drug-likeness (QED) is 0.353. The number of amides is 3. The number of imide groups is 1. The fraction of sp³-hybridized carbons (Fsp3) is 0.0476. The summed E-state index contributed by atoms with van der Waals surface area (Å²) in [7, 11) is 0. The van der Waals surface area contributed by atoms with Gasteiger partial charge in [-0.1, -0.05) is 52.5 Å². The van der Waals surface area contributed by atoms with Crippen LogP contribution < -0.4 is 15.4 Å². The Bertz CT molecular complexity index is 1220. The molecule has 3 amide bonds. The van der Waals surface area contributed by atoms with E-state index in [4.69, 9.17) is 51.1 Å². The molecule has 172 valence electrons. The van der Waals surface area contributed by atoms with Crippen LogP contribution in [0, 0.1) is 0 Å². The third kappa shape index (κ3) is 6.23. The molecular weight excluding hydrogens is 527 g/mol. The van der Waals surface area contributed by atoms with Gasteiger partial charge in [-0.05, 0) is 42.5 Å². The summed E-state index contributed by atoms with van der Waals surface area (Å²) in [6.45, 7) is 0. The maximum absolute atomic E-state index is 12.8. The molecule has 0 bridgehead atoms. The molecule has 3 aromatic carbocycles. The average Bonchev–Trinajstić information content (AvgIpc) is 2.70. The van der Waals surface area contributed by atoms with E-state index >= 15 is 0 Å². The maximum atomic E-state index is 12.8. The molecule has 0 spiro atoms. The summed E-state index contributed by atoms with van der Waals surface area (Å²) in [6, 6.07) is 10.2. The van der Waals surface area contributed by atoms with Gasteiger partial charge in [-0.3, -0.25) is 10.1 Å². The highest BCUT2D eigenvalue weighted by molar-refractivity contribution is 6.40. The van der Waals surface area contributed by atoms with Gasteiger partial charge in [-0.15, -0.1) is 0 Å². The van der Waals surface area contributed by atoms with Gasteiger partial charge in [0.25, 0.3) is 5.91 Å². The second-order valence-corrected chi connectivity index (χ2v) is 8.02. The molecular formula is C21H11Cl4F3N2O3. The highest BCUT2D eigenvalue weighted by atomic mass is 35.5. The van der Waals surface area contributed by atoms with Crippen molar-refractivity contribution in [3.05, 3.63) is 85.8 Å². The van der Waals surface area contributed by atoms with Crippen LogP contribution in [0.3, 0.4) is 0 Å². The molecule has 33 heavy (non-hydrogen) atoms. The molecule has 0 heterocycles. The number of ether oxygens (including phenoxy) is 1. The van der Waals surface area contributed by atoms with E-state index in [0.717, 1.165) is 18.2 Å². The van der Waals surface area contributed by atoms with Gasteiger partial charge in [-0.2, -0.15) is 13.2 Å². The van der Waals surface area contributed by atoms with Gasteiger partial charge in [0, 0.05) is 6.07 Å². The number of alkyl halides is 3. The van der Waals surface area contributed by atoms with E-state index in [1.165, 1.54) is 30.3 Å². The van der Waals surface area contributed by atoms with Crippen molar-refractivity contribution in [3.8, 4) is 11.5 Å². The topological polar surface area (TPSA) is 67.4 Å². The average molecular weight is 538 g/mol. The van der Waals surface area contributed by atoms with Crippen molar-refractivity contribution in [1.29, 1.82) is 0 Å². The lowest BCUT2D eigenvalue weighted by molar-refractivity contribution is -0.137. The van der Waals surface area contributed by atoms with Crippen LogP contribution in [0.4, 0.5) is 23.7 Å². The first kappa shape index (κ1) is 25.0. The Labute approximate surface area is 205 Å². The zero-order valence-electron chi connectivity index (χ0n) is 16.1. The second kappa shape index (κ2) is 10.1. The molecule has 0 radical (unpaired) electrons. The van der Waals surface area contributed by atoms with Gasteiger partial charge < -0.3 is 10.1 Å². The zero-order valence-corrected chi connectivity index (χ0v) is 19.1. The molecule has 0 aromatic heterocycles. The minimum absolute atomic E-state index is 0.0221. The number of hydrogen-bond acceptors (Lipinski definition) is 3. The molecule has 0 aliphatic carbocycles. The predicted molar refractivity (Wildman–Crippen MR) is 121 cm³/mol. The number of anilines is 1. The molecule has 0 fully saturated rings. The Kier molecular flexibility index (Phi) is 7.64. The van der Waals surface area contributed by atoms with Crippen molar-refractivity contribution < 1.29 is 27.5 Å². The largest absolute Gasteiger partial charge is 0.456 e. The minimum Gasteiger partial charge on any atom is -0.456 e. The van der Waals surface area contributed by atoms with Gasteiger partial charge in [0.15, 0.2) is 0 Å². The summed E-state index contributed by atoms with van der Waals surface area (Å²) in [6.07, 6.45) is -4.54. The lowest BCUT2D eigenvalue weighted by Crippen LogP contribution is -2.34. The number of carbonyl (C=O) groups is 2. The van der Waals surface area contributed by atoms with Crippen molar-refractivity contribution in [2.24, 2.45) is 0 Å². The van der Waals surface area contributed by atoms with E-state index in [-0.39, 0.29) is 42.8 Å². The number of rotatable bonds is 4. The number of halogens is 7. The smallest absolute Gasteiger partial charge is 0.416 e. The Hall–Kier alpha value is -2.65. The second-order valence-electron chi connectivity index (χ2n) is 6.39. The van der Waals surface area contributed by atoms with E-state index in [1.54, 1.807) is 6.07 Å². The summed E-state index contributed by atoms with van der Waals surface area (Å²) in [5.41, 5.74) is -0.867. The van der Waals surface area contributed by atoms with Crippen molar-refractivity contribution in [1.82, 2.24) is 5.32 Å². The Morgan fingerprint density at radius 1 is 0.818 bits per heavy atom.